The molecule has 102 valence electrons. The summed E-state index contributed by atoms with van der Waals surface area (Å²) in [4.78, 5) is 0. The van der Waals surface area contributed by atoms with Crippen molar-refractivity contribution in [3.63, 3.8) is 0 Å². The Morgan fingerprint density at radius 2 is 1.95 bits per heavy atom. The Bertz CT molecular complexity index is 602. The van der Waals surface area contributed by atoms with Crippen molar-refractivity contribution in [1.82, 2.24) is 9.78 Å². The second-order valence-corrected chi connectivity index (χ2v) is 5.07. The second-order valence-electron chi connectivity index (χ2n) is 5.07. The smallest absolute Gasteiger partial charge is 0.115 e. The number of hydrogen-bond donors (Lipinski definition) is 2. The molecule has 0 aliphatic rings. The first-order valence-electron chi connectivity index (χ1n) is 6.46. The summed E-state index contributed by atoms with van der Waals surface area (Å²) in [5.41, 5.74) is 5.53. The van der Waals surface area contributed by atoms with Crippen LogP contribution in [0.1, 0.15) is 35.5 Å². The van der Waals surface area contributed by atoms with Gasteiger partial charge >= 0.3 is 0 Å². The lowest BCUT2D eigenvalue weighted by molar-refractivity contribution is 0.475. The molecule has 0 radical (unpaired) electrons. The predicted molar refractivity (Wildman–Crippen MR) is 77.6 cm³/mol. The monoisotopic (exact) mass is 259 g/mol. The number of nitrogens with zero attached hydrogens (tertiary/aromatic N) is 2. The molecule has 19 heavy (non-hydrogen) atoms. The summed E-state index contributed by atoms with van der Waals surface area (Å²) in [6.07, 6.45) is 0. The summed E-state index contributed by atoms with van der Waals surface area (Å²) in [5.74, 6) is 0.296. The van der Waals surface area contributed by atoms with E-state index in [2.05, 4.69) is 24.3 Å². The van der Waals surface area contributed by atoms with Gasteiger partial charge in [-0.3, -0.25) is 4.68 Å². The van der Waals surface area contributed by atoms with Crippen molar-refractivity contribution in [3.05, 3.63) is 40.7 Å². The lowest BCUT2D eigenvalue weighted by Gasteiger charge is -2.18. The average Bonchev–Trinajstić information content (AvgIpc) is 2.57. The van der Waals surface area contributed by atoms with Gasteiger partial charge in [0.2, 0.25) is 0 Å². The van der Waals surface area contributed by atoms with E-state index in [-0.39, 0.29) is 6.04 Å². The molecule has 2 aromatic rings. The molecule has 0 bridgehead atoms. The normalized spacial score (nSPS) is 12.5. The molecule has 1 atom stereocenters. The Kier molecular flexibility index (Phi) is 3.51. The van der Waals surface area contributed by atoms with E-state index in [0.717, 1.165) is 16.9 Å². The molecule has 0 spiro atoms. The quantitative estimate of drug-likeness (QED) is 0.832. The molecular weight excluding hydrogens is 238 g/mol. The Morgan fingerprint density at radius 1 is 1.26 bits per heavy atom. The highest BCUT2D eigenvalue weighted by Gasteiger charge is 2.16. The minimum absolute atomic E-state index is 0.178. The van der Waals surface area contributed by atoms with Gasteiger partial charge in [-0.05, 0) is 51.5 Å². The maximum absolute atomic E-state index is 9.44. The summed E-state index contributed by atoms with van der Waals surface area (Å²) in [6, 6.07) is 5.54. The van der Waals surface area contributed by atoms with E-state index in [1.807, 2.05) is 31.6 Å². The average molecular weight is 259 g/mol. The van der Waals surface area contributed by atoms with Crippen molar-refractivity contribution in [3.8, 4) is 5.75 Å². The first kappa shape index (κ1) is 13.5. The number of benzene rings is 1. The number of rotatable bonds is 3. The largest absolute Gasteiger partial charge is 0.508 e. The highest BCUT2D eigenvalue weighted by atomic mass is 16.3. The molecule has 0 aliphatic heterocycles. The first-order valence-corrected chi connectivity index (χ1v) is 6.46. The van der Waals surface area contributed by atoms with Gasteiger partial charge in [-0.2, -0.15) is 5.10 Å². The standard InChI is InChI=1S/C15H21N3O/c1-9-8-13(19)6-7-14(9)16-10(2)15-11(3)17-18(5)12(15)4/h6-8,10,16,19H,1-5H3. The minimum Gasteiger partial charge on any atom is -0.508 e. The summed E-state index contributed by atoms with van der Waals surface area (Å²) in [6.45, 7) is 8.22. The fourth-order valence-corrected chi connectivity index (χ4v) is 2.53. The van der Waals surface area contributed by atoms with E-state index >= 15 is 0 Å². The fourth-order valence-electron chi connectivity index (χ4n) is 2.53. The van der Waals surface area contributed by atoms with Crippen LogP contribution in [0, 0.1) is 20.8 Å². The van der Waals surface area contributed by atoms with E-state index in [1.54, 1.807) is 12.1 Å². The number of aromatic nitrogens is 2. The molecule has 4 heteroatoms. The van der Waals surface area contributed by atoms with Crippen LogP contribution < -0.4 is 5.32 Å². The lowest BCUT2D eigenvalue weighted by Crippen LogP contribution is -2.09. The summed E-state index contributed by atoms with van der Waals surface area (Å²) in [5, 5.41) is 17.4. The van der Waals surface area contributed by atoms with Gasteiger partial charge in [0.1, 0.15) is 5.75 Å². The maximum Gasteiger partial charge on any atom is 0.115 e. The third kappa shape index (κ3) is 2.57. The van der Waals surface area contributed by atoms with Crippen LogP contribution in [0.2, 0.25) is 0 Å². The highest BCUT2D eigenvalue weighted by molar-refractivity contribution is 5.55. The first-order chi connectivity index (χ1) is 8.90. The number of anilines is 1. The molecule has 0 fully saturated rings. The van der Waals surface area contributed by atoms with Gasteiger partial charge < -0.3 is 10.4 Å². The Hall–Kier alpha value is -1.97. The summed E-state index contributed by atoms with van der Waals surface area (Å²) < 4.78 is 1.91. The predicted octanol–water partition coefficient (Wildman–Crippen LogP) is 3.22. The van der Waals surface area contributed by atoms with Gasteiger partial charge in [0.05, 0.1) is 11.7 Å². The zero-order valence-corrected chi connectivity index (χ0v) is 12.2. The van der Waals surface area contributed by atoms with E-state index in [9.17, 15) is 5.11 Å². The van der Waals surface area contributed by atoms with Gasteiger partial charge in [-0.1, -0.05) is 0 Å². The molecule has 1 aromatic heterocycles. The SMILES string of the molecule is Cc1cc(O)ccc1NC(C)c1c(C)nn(C)c1C. The van der Waals surface area contributed by atoms with Crippen LogP contribution in [-0.2, 0) is 7.05 Å². The number of aryl methyl sites for hydroxylation is 3. The van der Waals surface area contributed by atoms with Crippen LogP contribution in [0.15, 0.2) is 18.2 Å². The van der Waals surface area contributed by atoms with Crippen LogP contribution in [0.3, 0.4) is 0 Å². The Labute approximate surface area is 114 Å². The van der Waals surface area contributed by atoms with Gasteiger partial charge in [-0.15, -0.1) is 0 Å². The third-order valence-electron chi connectivity index (χ3n) is 3.58. The summed E-state index contributed by atoms with van der Waals surface area (Å²) in [7, 11) is 1.96. The van der Waals surface area contributed by atoms with E-state index in [4.69, 9.17) is 0 Å². The van der Waals surface area contributed by atoms with Crippen molar-refractivity contribution in [2.45, 2.75) is 33.7 Å². The van der Waals surface area contributed by atoms with Crippen LogP contribution in [0.5, 0.6) is 5.75 Å². The number of phenols is 1. The number of aromatic hydroxyl groups is 1. The van der Waals surface area contributed by atoms with Crippen LogP contribution in [-0.4, -0.2) is 14.9 Å². The van der Waals surface area contributed by atoms with Crippen LogP contribution >= 0.6 is 0 Å². The van der Waals surface area contributed by atoms with E-state index in [1.165, 1.54) is 11.3 Å². The zero-order valence-electron chi connectivity index (χ0n) is 12.2. The zero-order chi connectivity index (χ0) is 14.2. The number of nitrogens with one attached hydrogen (secondary N) is 1. The van der Waals surface area contributed by atoms with Crippen molar-refractivity contribution in [2.75, 3.05) is 5.32 Å². The van der Waals surface area contributed by atoms with E-state index < -0.39 is 0 Å². The molecule has 0 saturated heterocycles. The Balaban J connectivity index is 2.28. The Morgan fingerprint density at radius 3 is 2.47 bits per heavy atom. The molecule has 2 N–H and O–H groups in total. The number of phenolic OH excluding ortho intramolecular Hbond substituents is 1. The molecule has 4 nitrogen and oxygen atoms in total. The van der Waals surface area contributed by atoms with Crippen molar-refractivity contribution in [1.29, 1.82) is 0 Å². The third-order valence-corrected chi connectivity index (χ3v) is 3.58. The van der Waals surface area contributed by atoms with E-state index in [0.29, 0.717) is 5.75 Å². The number of hydrogen-bond acceptors (Lipinski definition) is 3. The molecular formula is C15H21N3O. The minimum atomic E-state index is 0.178. The fraction of sp³-hybridized carbons (Fsp3) is 0.400. The van der Waals surface area contributed by atoms with Crippen molar-refractivity contribution in [2.24, 2.45) is 7.05 Å². The molecule has 1 aromatic carbocycles. The summed E-state index contributed by atoms with van der Waals surface area (Å²) >= 11 is 0. The highest BCUT2D eigenvalue weighted by Crippen LogP contribution is 2.27. The van der Waals surface area contributed by atoms with Gasteiger partial charge in [-0.25, -0.2) is 0 Å². The molecule has 2 rings (SSSR count). The van der Waals surface area contributed by atoms with Crippen LogP contribution in [0.25, 0.3) is 0 Å². The maximum atomic E-state index is 9.44. The molecule has 0 aliphatic carbocycles. The topological polar surface area (TPSA) is 50.1 Å². The van der Waals surface area contributed by atoms with Gasteiger partial charge in [0.25, 0.3) is 0 Å². The molecule has 1 unspecified atom stereocenters. The van der Waals surface area contributed by atoms with Crippen molar-refractivity contribution < 1.29 is 5.11 Å². The van der Waals surface area contributed by atoms with Gasteiger partial charge in [0, 0.05) is 24.0 Å². The molecule has 0 saturated carbocycles. The molecule has 0 amide bonds. The van der Waals surface area contributed by atoms with Gasteiger partial charge in [0.15, 0.2) is 0 Å². The molecule has 1 heterocycles. The lowest BCUT2D eigenvalue weighted by atomic mass is 10.1. The van der Waals surface area contributed by atoms with Crippen molar-refractivity contribution >= 4 is 5.69 Å². The second kappa shape index (κ2) is 4.96. The van der Waals surface area contributed by atoms with Crippen LogP contribution in [0.4, 0.5) is 5.69 Å².